The molecule has 4 rings (SSSR count). The van der Waals surface area contributed by atoms with Crippen LogP contribution in [0.2, 0.25) is 5.02 Å². The molecule has 0 heterocycles. The maximum Gasteiger partial charge on any atom is 0.647 e. The Morgan fingerprint density at radius 3 is 1.64 bits per heavy atom. The molecule has 0 spiro atoms. The van der Waals surface area contributed by atoms with Gasteiger partial charge < -0.3 is 13.6 Å². The molecular formula is C25H18Cl3O4P. The van der Waals surface area contributed by atoms with E-state index in [4.69, 9.17) is 48.4 Å². The Hall–Kier alpha value is -2.62. The maximum atomic E-state index is 13.8. The Morgan fingerprint density at radius 1 is 0.636 bits per heavy atom. The Bertz CT molecular complexity index is 1210. The molecule has 8 heteroatoms. The van der Waals surface area contributed by atoms with Gasteiger partial charge in [0.15, 0.2) is 4.33 Å². The van der Waals surface area contributed by atoms with Gasteiger partial charge in [-0.1, -0.05) is 102 Å². The highest BCUT2D eigenvalue weighted by molar-refractivity contribution is 7.49. The van der Waals surface area contributed by atoms with E-state index in [1.807, 2.05) is 30.3 Å². The number of benzene rings is 4. The number of phosphoric ester groups is 1. The van der Waals surface area contributed by atoms with E-state index in [0.29, 0.717) is 22.1 Å². The summed E-state index contributed by atoms with van der Waals surface area (Å²) in [7, 11) is -4.25. The normalized spacial score (nSPS) is 11.6. The van der Waals surface area contributed by atoms with Gasteiger partial charge in [0.25, 0.3) is 0 Å². The van der Waals surface area contributed by atoms with E-state index in [1.165, 1.54) is 6.07 Å². The minimum absolute atomic E-state index is 0.100. The topological polar surface area (TPSA) is 44.8 Å². The van der Waals surface area contributed by atoms with Gasteiger partial charge in [-0.2, -0.15) is 4.57 Å². The van der Waals surface area contributed by atoms with Crippen molar-refractivity contribution in [2.75, 3.05) is 0 Å². The second-order valence-corrected chi connectivity index (χ2v) is 10.1. The van der Waals surface area contributed by atoms with Crippen LogP contribution in [0.15, 0.2) is 109 Å². The number of halogens is 3. The number of alkyl halides is 2. The Balaban J connectivity index is 1.75. The van der Waals surface area contributed by atoms with Crippen molar-refractivity contribution in [2.45, 2.75) is 4.33 Å². The monoisotopic (exact) mass is 518 g/mol. The first kappa shape index (κ1) is 23.5. The van der Waals surface area contributed by atoms with E-state index >= 15 is 0 Å². The molecule has 0 bridgehead atoms. The van der Waals surface area contributed by atoms with Crippen LogP contribution in [0.3, 0.4) is 0 Å². The zero-order valence-electron chi connectivity index (χ0n) is 17.1. The molecule has 0 amide bonds. The van der Waals surface area contributed by atoms with Crippen molar-refractivity contribution >= 4 is 42.6 Å². The predicted molar refractivity (Wildman–Crippen MR) is 133 cm³/mol. The van der Waals surface area contributed by atoms with Crippen molar-refractivity contribution in [1.29, 1.82) is 0 Å². The number of hydrogen-bond donors (Lipinski definition) is 0. The summed E-state index contributed by atoms with van der Waals surface area (Å²) in [4.78, 5) is 0. The maximum absolute atomic E-state index is 13.8. The molecule has 0 unspecified atom stereocenters. The van der Waals surface area contributed by atoms with Crippen molar-refractivity contribution < 1.29 is 18.1 Å². The van der Waals surface area contributed by atoms with E-state index in [-0.39, 0.29) is 11.3 Å². The van der Waals surface area contributed by atoms with Gasteiger partial charge in [-0.05, 0) is 48.0 Å². The molecule has 0 aliphatic carbocycles. The molecule has 0 aromatic heterocycles. The second-order valence-electron chi connectivity index (χ2n) is 6.93. The van der Waals surface area contributed by atoms with Crippen molar-refractivity contribution in [3.05, 3.63) is 125 Å². The molecule has 4 aromatic carbocycles. The number of para-hydroxylation sites is 2. The highest BCUT2D eigenvalue weighted by Gasteiger charge is 2.38. The van der Waals surface area contributed by atoms with Gasteiger partial charge >= 0.3 is 7.82 Å². The first-order chi connectivity index (χ1) is 15.9. The zero-order valence-corrected chi connectivity index (χ0v) is 20.3. The SMILES string of the molecule is O=P(Oc1ccccc1)(Oc1ccccc1)Oc1ccc(Cl)cc1C(Cl)(Cl)c1ccccc1. The summed E-state index contributed by atoms with van der Waals surface area (Å²) in [6.07, 6.45) is 0. The fourth-order valence-corrected chi connectivity index (χ4v) is 5.02. The van der Waals surface area contributed by atoms with Crippen LogP contribution < -0.4 is 13.6 Å². The summed E-state index contributed by atoms with van der Waals surface area (Å²) >= 11 is 19.8. The summed E-state index contributed by atoms with van der Waals surface area (Å²) in [6, 6.07) is 30.8. The van der Waals surface area contributed by atoms with Gasteiger partial charge in [-0.25, -0.2) is 0 Å². The molecule has 0 atom stereocenters. The van der Waals surface area contributed by atoms with E-state index in [2.05, 4.69) is 0 Å². The minimum Gasteiger partial charge on any atom is -0.386 e. The van der Waals surface area contributed by atoms with Crippen LogP contribution in [0.5, 0.6) is 17.2 Å². The van der Waals surface area contributed by atoms with Crippen molar-refractivity contribution in [1.82, 2.24) is 0 Å². The van der Waals surface area contributed by atoms with Crippen LogP contribution in [0, 0.1) is 0 Å². The Kier molecular flexibility index (Phi) is 7.21. The van der Waals surface area contributed by atoms with E-state index < -0.39 is 12.2 Å². The highest BCUT2D eigenvalue weighted by Crippen LogP contribution is 2.53. The number of rotatable bonds is 8. The smallest absolute Gasteiger partial charge is 0.386 e. The van der Waals surface area contributed by atoms with E-state index in [0.717, 1.165) is 0 Å². The van der Waals surface area contributed by atoms with Gasteiger partial charge in [0.2, 0.25) is 0 Å². The van der Waals surface area contributed by atoms with Gasteiger partial charge in [0.05, 0.1) is 0 Å². The zero-order chi connectivity index (χ0) is 23.3. The lowest BCUT2D eigenvalue weighted by atomic mass is 10.0. The predicted octanol–water partition coefficient (Wildman–Crippen LogP) is 8.66. The molecular weight excluding hydrogens is 502 g/mol. The van der Waals surface area contributed by atoms with Gasteiger partial charge in [-0.3, -0.25) is 0 Å². The summed E-state index contributed by atoms with van der Waals surface area (Å²) in [5.74, 6) is 0.708. The number of hydrogen-bond acceptors (Lipinski definition) is 4. The van der Waals surface area contributed by atoms with Gasteiger partial charge in [0, 0.05) is 10.6 Å². The third-order valence-corrected chi connectivity index (χ3v) is 6.92. The first-order valence-electron chi connectivity index (χ1n) is 9.88. The average molecular weight is 520 g/mol. The van der Waals surface area contributed by atoms with E-state index in [1.54, 1.807) is 72.8 Å². The molecule has 33 heavy (non-hydrogen) atoms. The lowest BCUT2D eigenvalue weighted by Crippen LogP contribution is -2.15. The fraction of sp³-hybridized carbons (Fsp3) is 0.0400. The van der Waals surface area contributed by atoms with Crippen molar-refractivity contribution in [3.63, 3.8) is 0 Å². The molecule has 4 nitrogen and oxygen atoms in total. The van der Waals surface area contributed by atoms with Crippen LogP contribution in [-0.4, -0.2) is 0 Å². The molecule has 0 N–H and O–H groups in total. The third kappa shape index (κ3) is 5.85. The number of phosphoric acid groups is 1. The van der Waals surface area contributed by atoms with Crippen molar-refractivity contribution in [3.8, 4) is 17.2 Å². The fourth-order valence-electron chi connectivity index (χ4n) is 3.03. The Morgan fingerprint density at radius 2 is 1.12 bits per heavy atom. The summed E-state index contributed by atoms with van der Waals surface area (Å²) in [5.41, 5.74) is 0.876. The third-order valence-electron chi connectivity index (χ3n) is 4.55. The minimum atomic E-state index is -4.25. The highest BCUT2D eigenvalue weighted by atomic mass is 35.5. The molecule has 0 aliphatic heterocycles. The van der Waals surface area contributed by atoms with Crippen LogP contribution >= 0.6 is 42.6 Å². The van der Waals surface area contributed by atoms with Crippen LogP contribution in [0.25, 0.3) is 0 Å². The lowest BCUT2D eigenvalue weighted by Gasteiger charge is -2.26. The first-order valence-corrected chi connectivity index (χ1v) is 12.5. The summed E-state index contributed by atoms with van der Waals surface area (Å²) in [6.45, 7) is 0. The quantitative estimate of drug-likeness (QED) is 0.173. The Labute approximate surface area is 207 Å². The van der Waals surface area contributed by atoms with Gasteiger partial charge in [-0.15, -0.1) is 0 Å². The lowest BCUT2D eigenvalue weighted by molar-refractivity contribution is 0.297. The molecule has 4 aromatic rings. The van der Waals surface area contributed by atoms with Gasteiger partial charge in [0.1, 0.15) is 17.2 Å². The standard InChI is InChI=1S/C25H18Cl3O4P/c26-20-16-17-24(23(18-20)25(27,28)19-10-4-1-5-11-19)32-33(29,30-21-12-6-2-7-13-21)31-22-14-8-3-9-15-22/h1-18H. The molecule has 0 saturated heterocycles. The largest absolute Gasteiger partial charge is 0.647 e. The molecule has 0 aliphatic rings. The summed E-state index contributed by atoms with van der Waals surface area (Å²) < 4.78 is 29.6. The van der Waals surface area contributed by atoms with Crippen LogP contribution in [0.1, 0.15) is 11.1 Å². The molecule has 168 valence electrons. The second kappa shape index (κ2) is 10.1. The van der Waals surface area contributed by atoms with Crippen LogP contribution in [-0.2, 0) is 8.90 Å². The van der Waals surface area contributed by atoms with Crippen LogP contribution in [0.4, 0.5) is 0 Å². The average Bonchev–Trinajstić information content (AvgIpc) is 2.82. The van der Waals surface area contributed by atoms with E-state index in [9.17, 15) is 4.57 Å². The molecule has 0 radical (unpaired) electrons. The van der Waals surface area contributed by atoms with Crippen molar-refractivity contribution in [2.24, 2.45) is 0 Å². The molecule has 0 fully saturated rings. The molecule has 0 saturated carbocycles. The summed E-state index contributed by atoms with van der Waals surface area (Å²) in [5, 5.41) is 0.377.